The molecule has 31 heavy (non-hydrogen) atoms. The molecule has 1 aromatic carbocycles. The van der Waals surface area contributed by atoms with Gasteiger partial charge in [-0.3, -0.25) is 4.68 Å². The molecule has 1 N–H and O–H groups in total. The van der Waals surface area contributed by atoms with Gasteiger partial charge in [0.2, 0.25) is 5.76 Å². The van der Waals surface area contributed by atoms with Crippen molar-refractivity contribution in [3.8, 4) is 11.5 Å². The third kappa shape index (κ3) is 5.08. The maximum absolute atomic E-state index is 11.5. The van der Waals surface area contributed by atoms with Crippen LogP contribution in [0.5, 0.6) is 11.5 Å². The van der Waals surface area contributed by atoms with E-state index >= 15 is 0 Å². The summed E-state index contributed by atoms with van der Waals surface area (Å²) in [6.07, 6.45) is 0. The molecular formula is C23H29N3O5. The van der Waals surface area contributed by atoms with Crippen molar-refractivity contribution in [1.82, 2.24) is 15.1 Å². The number of esters is 1. The smallest absolute Gasteiger partial charge is 0.373 e. The Balaban J connectivity index is 1.63. The quantitative estimate of drug-likeness (QED) is 0.519. The molecule has 8 nitrogen and oxygen atoms in total. The van der Waals surface area contributed by atoms with Gasteiger partial charge in [0.15, 0.2) is 11.5 Å². The van der Waals surface area contributed by atoms with Crippen LogP contribution in [-0.4, -0.2) is 30.0 Å². The summed E-state index contributed by atoms with van der Waals surface area (Å²) >= 11 is 0. The molecule has 0 amide bonds. The van der Waals surface area contributed by atoms with Crippen molar-refractivity contribution in [3.05, 3.63) is 64.4 Å². The molecule has 2 aromatic heterocycles. The van der Waals surface area contributed by atoms with Crippen LogP contribution in [0, 0.1) is 13.8 Å². The Morgan fingerprint density at radius 3 is 2.61 bits per heavy atom. The van der Waals surface area contributed by atoms with Crippen LogP contribution in [0.1, 0.15) is 51.8 Å². The number of nitrogens with one attached hydrogen (secondary N) is 1. The van der Waals surface area contributed by atoms with Gasteiger partial charge in [0.25, 0.3) is 0 Å². The van der Waals surface area contributed by atoms with Gasteiger partial charge in [0.1, 0.15) is 12.4 Å². The topological polar surface area (TPSA) is 87.8 Å². The Hall–Kier alpha value is -3.26. The summed E-state index contributed by atoms with van der Waals surface area (Å²) in [5, 5.41) is 8.04. The van der Waals surface area contributed by atoms with Gasteiger partial charge in [0, 0.05) is 30.9 Å². The van der Waals surface area contributed by atoms with Crippen molar-refractivity contribution in [1.29, 1.82) is 0 Å². The maximum Gasteiger partial charge on any atom is 0.373 e. The first-order chi connectivity index (χ1) is 14.8. The number of nitrogens with zero attached hydrogens (tertiary/aromatic N) is 2. The van der Waals surface area contributed by atoms with Crippen LogP contribution in [0.3, 0.4) is 0 Å². The van der Waals surface area contributed by atoms with Crippen molar-refractivity contribution in [2.24, 2.45) is 7.05 Å². The molecule has 8 heteroatoms. The summed E-state index contributed by atoms with van der Waals surface area (Å²) in [6, 6.07) is 9.21. The largest absolute Gasteiger partial charge is 0.493 e. The van der Waals surface area contributed by atoms with Crippen LogP contribution in [-0.2, 0) is 24.9 Å². The normalized spacial score (nSPS) is 11.9. The molecule has 0 saturated carbocycles. The van der Waals surface area contributed by atoms with E-state index in [1.165, 1.54) is 12.7 Å². The van der Waals surface area contributed by atoms with Gasteiger partial charge < -0.3 is 23.9 Å². The minimum absolute atomic E-state index is 0.141. The van der Waals surface area contributed by atoms with Crippen molar-refractivity contribution in [2.75, 3.05) is 14.2 Å². The van der Waals surface area contributed by atoms with Crippen LogP contribution in [0.15, 0.2) is 34.7 Å². The van der Waals surface area contributed by atoms with Gasteiger partial charge in [-0.05, 0) is 50.6 Å². The van der Waals surface area contributed by atoms with E-state index in [4.69, 9.17) is 13.9 Å². The first-order valence-electron chi connectivity index (χ1n) is 10.0. The molecule has 3 rings (SSSR count). The van der Waals surface area contributed by atoms with Gasteiger partial charge in [0.05, 0.1) is 19.9 Å². The molecule has 0 aliphatic carbocycles. The van der Waals surface area contributed by atoms with E-state index in [1.54, 1.807) is 19.2 Å². The van der Waals surface area contributed by atoms with Crippen LogP contribution < -0.4 is 14.8 Å². The van der Waals surface area contributed by atoms with Gasteiger partial charge >= 0.3 is 5.97 Å². The number of furan rings is 1. The van der Waals surface area contributed by atoms with Gasteiger partial charge in [-0.25, -0.2) is 4.79 Å². The summed E-state index contributed by atoms with van der Waals surface area (Å²) in [4.78, 5) is 11.5. The Kier molecular flexibility index (Phi) is 7.02. The number of methoxy groups -OCH3 is 2. The standard InChI is InChI=1S/C23H29N3O5/c1-14(22-15(2)25-26(4)16(22)3)24-12-17-7-9-19(21(11-17)28-5)30-13-18-8-10-20(31-18)23(27)29-6/h7-11,14,24H,12-13H2,1-6H3. The van der Waals surface area contributed by atoms with Crippen molar-refractivity contribution in [3.63, 3.8) is 0 Å². The monoisotopic (exact) mass is 427 g/mol. The fourth-order valence-corrected chi connectivity index (χ4v) is 3.55. The van der Waals surface area contributed by atoms with Crippen LogP contribution in [0.25, 0.3) is 0 Å². The number of aromatic nitrogens is 2. The third-order valence-electron chi connectivity index (χ3n) is 5.26. The molecule has 0 aliphatic heterocycles. The fraction of sp³-hybridized carbons (Fsp3) is 0.391. The van der Waals surface area contributed by atoms with Gasteiger partial charge in [-0.1, -0.05) is 6.07 Å². The molecule has 0 spiro atoms. The summed E-state index contributed by atoms with van der Waals surface area (Å²) < 4.78 is 23.3. The molecule has 0 saturated heterocycles. The predicted molar refractivity (Wildman–Crippen MR) is 115 cm³/mol. The Morgan fingerprint density at radius 2 is 1.97 bits per heavy atom. The summed E-state index contributed by atoms with van der Waals surface area (Å²) in [6.45, 7) is 7.09. The second-order valence-corrected chi connectivity index (χ2v) is 7.34. The molecule has 2 heterocycles. The summed E-state index contributed by atoms with van der Waals surface area (Å²) in [7, 11) is 4.87. The zero-order valence-corrected chi connectivity index (χ0v) is 18.8. The number of aryl methyl sites for hydroxylation is 2. The van der Waals surface area contributed by atoms with E-state index in [0.29, 0.717) is 23.8 Å². The number of carbonyl (C=O) groups excluding carboxylic acids is 1. The lowest BCUT2D eigenvalue weighted by molar-refractivity contribution is 0.0561. The Bertz CT molecular complexity index is 1050. The van der Waals surface area contributed by atoms with Crippen LogP contribution >= 0.6 is 0 Å². The Morgan fingerprint density at radius 1 is 1.19 bits per heavy atom. The maximum atomic E-state index is 11.5. The number of hydrogen-bond acceptors (Lipinski definition) is 7. The van der Waals surface area contributed by atoms with Crippen LogP contribution in [0.2, 0.25) is 0 Å². The number of benzene rings is 1. The summed E-state index contributed by atoms with van der Waals surface area (Å²) in [5.74, 6) is 1.35. The van der Waals surface area contributed by atoms with E-state index in [-0.39, 0.29) is 18.4 Å². The highest BCUT2D eigenvalue weighted by Gasteiger charge is 2.16. The number of ether oxygens (including phenoxy) is 3. The highest BCUT2D eigenvalue weighted by atomic mass is 16.5. The first kappa shape index (κ1) is 22.4. The molecular weight excluding hydrogens is 398 g/mol. The van der Waals surface area contributed by atoms with Crippen LogP contribution in [0.4, 0.5) is 0 Å². The number of carbonyl (C=O) groups is 1. The molecule has 0 fully saturated rings. The van der Waals surface area contributed by atoms with Gasteiger partial charge in [-0.2, -0.15) is 5.10 Å². The fourth-order valence-electron chi connectivity index (χ4n) is 3.55. The predicted octanol–water partition coefficient (Wildman–Crippen LogP) is 3.85. The second kappa shape index (κ2) is 9.70. The zero-order chi connectivity index (χ0) is 22.5. The zero-order valence-electron chi connectivity index (χ0n) is 18.8. The molecule has 0 aliphatic rings. The number of rotatable bonds is 9. The van der Waals surface area contributed by atoms with Crippen molar-refractivity contribution >= 4 is 5.97 Å². The lowest BCUT2D eigenvalue weighted by Gasteiger charge is -2.16. The molecule has 166 valence electrons. The minimum Gasteiger partial charge on any atom is -0.493 e. The average molecular weight is 428 g/mol. The van der Waals surface area contributed by atoms with E-state index in [1.807, 2.05) is 36.9 Å². The third-order valence-corrected chi connectivity index (χ3v) is 5.26. The SMILES string of the molecule is COC(=O)c1ccc(COc2ccc(CNC(C)c3c(C)nn(C)c3C)cc2OC)o1. The van der Waals surface area contributed by atoms with Crippen molar-refractivity contribution < 1.29 is 23.4 Å². The summed E-state index contributed by atoms with van der Waals surface area (Å²) in [5.41, 5.74) is 4.49. The second-order valence-electron chi connectivity index (χ2n) is 7.34. The van der Waals surface area contributed by atoms with E-state index < -0.39 is 5.97 Å². The highest BCUT2D eigenvalue weighted by molar-refractivity contribution is 5.86. The first-order valence-corrected chi connectivity index (χ1v) is 10.0. The van der Waals surface area contributed by atoms with E-state index in [9.17, 15) is 4.79 Å². The lowest BCUT2D eigenvalue weighted by Crippen LogP contribution is -2.19. The lowest BCUT2D eigenvalue weighted by atomic mass is 10.1. The molecule has 3 aromatic rings. The average Bonchev–Trinajstić information content (AvgIpc) is 3.34. The van der Waals surface area contributed by atoms with E-state index in [2.05, 4.69) is 29.0 Å². The van der Waals surface area contributed by atoms with Crippen molar-refractivity contribution in [2.45, 2.75) is 40.0 Å². The Labute approximate surface area is 182 Å². The minimum atomic E-state index is -0.522. The molecule has 0 radical (unpaired) electrons. The molecule has 0 bridgehead atoms. The van der Waals surface area contributed by atoms with Gasteiger partial charge in [-0.15, -0.1) is 0 Å². The highest BCUT2D eigenvalue weighted by Crippen LogP contribution is 2.29. The number of hydrogen-bond donors (Lipinski definition) is 1. The molecule has 1 unspecified atom stereocenters. The molecule has 1 atom stereocenters. The van der Waals surface area contributed by atoms with E-state index in [0.717, 1.165) is 17.0 Å².